The maximum absolute atomic E-state index is 14.1. The summed E-state index contributed by atoms with van der Waals surface area (Å²) in [5.74, 6) is -3.56. The van der Waals surface area contributed by atoms with E-state index in [0.717, 1.165) is 16.0 Å². The second-order valence-corrected chi connectivity index (χ2v) is 10.5. The Morgan fingerprint density at radius 2 is 1.65 bits per heavy atom. The van der Waals surface area contributed by atoms with Crippen LogP contribution in [0.1, 0.15) is 28.2 Å². The van der Waals surface area contributed by atoms with Gasteiger partial charge in [0.05, 0.1) is 28.4 Å². The first kappa shape index (κ1) is 24.1. The molecule has 200 valence electrons. The number of aryl methyl sites for hydroxylation is 2. The molecule has 10 heteroatoms. The van der Waals surface area contributed by atoms with E-state index in [1.807, 2.05) is 31.2 Å². The predicted octanol–water partition coefficient (Wildman–Crippen LogP) is 4.46. The van der Waals surface area contributed by atoms with Gasteiger partial charge in [-0.05, 0) is 60.4 Å². The Bertz CT molecular complexity index is 1710. The van der Waals surface area contributed by atoms with Crippen LogP contribution < -0.4 is 19.1 Å². The number of nitro groups is 1. The van der Waals surface area contributed by atoms with Gasteiger partial charge in [0.2, 0.25) is 18.6 Å². The van der Waals surface area contributed by atoms with E-state index in [2.05, 4.69) is 0 Å². The molecule has 0 N–H and O–H groups in total. The Morgan fingerprint density at radius 3 is 2.42 bits per heavy atom. The first-order valence-corrected chi connectivity index (χ1v) is 12.8. The number of nitro benzene ring substituents is 1. The highest BCUT2D eigenvalue weighted by atomic mass is 16.7. The highest BCUT2D eigenvalue weighted by Crippen LogP contribution is 2.55. The SMILES string of the molecule is Cc1ccc2c(c1)OC(=O)[C@@H]1C2=C[C@H](c2ccc3c(c2)OCO3)[C@H]2C(=O)N(c3ccc([N+](=O)[O-])cc3C)C(=O)[C@@H]12. The number of hydrogen-bond donors (Lipinski definition) is 0. The fourth-order valence-electron chi connectivity index (χ4n) is 6.36. The van der Waals surface area contributed by atoms with Gasteiger partial charge in [0.25, 0.3) is 5.69 Å². The lowest BCUT2D eigenvalue weighted by Crippen LogP contribution is -2.42. The van der Waals surface area contributed by atoms with Gasteiger partial charge >= 0.3 is 5.97 Å². The zero-order chi connectivity index (χ0) is 27.9. The smallest absolute Gasteiger partial charge is 0.319 e. The van der Waals surface area contributed by atoms with Crippen LogP contribution in [0.3, 0.4) is 0 Å². The Labute approximate surface area is 227 Å². The van der Waals surface area contributed by atoms with E-state index in [-0.39, 0.29) is 18.2 Å². The molecule has 0 unspecified atom stereocenters. The lowest BCUT2D eigenvalue weighted by molar-refractivity contribution is -0.384. The summed E-state index contributed by atoms with van der Waals surface area (Å²) >= 11 is 0. The highest BCUT2D eigenvalue weighted by molar-refractivity contribution is 6.25. The lowest BCUT2D eigenvalue weighted by Gasteiger charge is -2.38. The second-order valence-electron chi connectivity index (χ2n) is 10.5. The molecular weight excluding hydrogens is 516 g/mol. The van der Waals surface area contributed by atoms with Gasteiger partial charge in [-0.3, -0.25) is 24.5 Å². The fourth-order valence-corrected chi connectivity index (χ4v) is 6.36. The van der Waals surface area contributed by atoms with Crippen LogP contribution in [-0.4, -0.2) is 29.5 Å². The fraction of sp³-hybridized carbons (Fsp3) is 0.233. The van der Waals surface area contributed by atoms with E-state index in [1.54, 1.807) is 25.1 Å². The highest BCUT2D eigenvalue weighted by Gasteiger charge is 2.60. The number of anilines is 1. The Morgan fingerprint density at radius 1 is 0.875 bits per heavy atom. The van der Waals surface area contributed by atoms with Crippen molar-refractivity contribution in [3.05, 3.63) is 93.0 Å². The molecular formula is C30H22N2O8. The third-order valence-electron chi connectivity index (χ3n) is 8.16. The Balaban J connectivity index is 1.41. The van der Waals surface area contributed by atoms with Gasteiger partial charge in [-0.25, -0.2) is 4.90 Å². The zero-order valence-corrected chi connectivity index (χ0v) is 21.5. The summed E-state index contributed by atoms with van der Waals surface area (Å²) in [7, 11) is 0. The van der Waals surface area contributed by atoms with Crippen LogP contribution in [0.4, 0.5) is 11.4 Å². The maximum atomic E-state index is 14.1. The van der Waals surface area contributed by atoms with E-state index in [9.17, 15) is 24.5 Å². The number of esters is 1. The molecule has 3 aliphatic heterocycles. The molecule has 1 saturated heterocycles. The van der Waals surface area contributed by atoms with Gasteiger partial charge in [0.15, 0.2) is 11.5 Å². The zero-order valence-electron chi connectivity index (χ0n) is 21.5. The average molecular weight is 539 g/mol. The molecule has 3 aromatic rings. The summed E-state index contributed by atoms with van der Waals surface area (Å²) in [4.78, 5) is 53.6. The van der Waals surface area contributed by atoms with Crippen LogP contribution in [0.15, 0.2) is 60.7 Å². The number of carbonyl (C=O) groups is 3. The molecule has 4 aliphatic rings. The van der Waals surface area contributed by atoms with Crippen molar-refractivity contribution in [1.29, 1.82) is 0 Å². The molecule has 0 spiro atoms. The number of amides is 2. The van der Waals surface area contributed by atoms with Gasteiger partial charge in [-0.2, -0.15) is 0 Å². The van der Waals surface area contributed by atoms with Gasteiger partial charge in [0, 0.05) is 23.6 Å². The van der Waals surface area contributed by atoms with Crippen LogP contribution in [0.5, 0.6) is 17.2 Å². The largest absolute Gasteiger partial charge is 0.454 e. The van der Waals surface area contributed by atoms with Gasteiger partial charge in [0.1, 0.15) is 5.75 Å². The van der Waals surface area contributed by atoms with Crippen LogP contribution in [0, 0.1) is 41.7 Å². The number of hydrogen-bond acceptors (Lipinski definition) is 8. The number of benzene rings is 3. The van der Waals surface area contributed by atoms with Crippen LogP contribution in [0.25, 0.3) is 5.57 Å². The van der Waals surface area contributed by atoms with Gasteiger partial charge < -0.3 is 14.2 Å². The number of ether oxygens (including phenoxy) is 3. The molecule has 7 rings (SSSR count). The molecule has 2 amide bonds. The molecule has 3 heterocycles. The first-order chi connectivity index (χ1) is 19.2. The summed E-state index contributed by atoms with van der Waals surface area (Å²) < 4.78 is 16.8. The Kier molecular flexibility index (Phi) is 5.12. The van der Waals surface area contributed by atoms with Crippen LogP contribution in [0.2, 0.25) is 0 Å². The normalized spacial score (nSPS) is 24.2. The van der Waals surface area contributed by atoms with E-state index in [4.69, 9.17) is 14.2 Å². The molecule has 3 aromatic carbocycles. The van der Waals surface area contributed by atoms with Crippen molar-refractivity contribution < 1.29 is 33.5 Å². The minimum Gasteiger partial charge on any atom is -0.454 e. The summed E-state index contributed by atoms with van der Waals surface area (Å²) in [6.07, 6.45) is 1.90. The van der Waals surface area contributed by atoms with Gasteiger partial charge in [-0.1, -0.05) is 24.3 Å². The summed E-state index contributed by atoms with van der Waals surface area (Å²) in [6, 6.07) is 14.9. The van der Waals surface area contributed by atoms with Crippen molar-refractivity contribution in [2.45, 2.75) is 19.8 Å². The van der Waals surface area contributed by atoms with E-state index >= 15 is 0 Å². The maximum Gasteiger partial charge on any atom is 0.319 e. The molecule has 4 atom stereocenters. The summed E-state index contributed by atoms with van der Waals surface area (Å²) in [6.45, 7) is 3.59. The number of fused-ring (bicyclic) bond motifs is 6. The molecule has 1 fully saturated rings. The van der Waals surface area contributed by atoms with Crippen LogP contribution >= 0.6 is 0 Å². The van der Waals surface area contributed by atoms with Crippen molar-refractivity contribution in [3.63, 3.8) is 0 Å². The molecule has 1 aliphatic carbocycles. The topological polar surface area (TPSA) is 125 Å². The molecule has 40 heavy (non-hydrogen) atoms. The quantitative estimate of drug-likeness (QED) is 0.157. The van der Waals surface area contributed by atoms with Gasteiger partial charge in [-0.15, -0.1) is 0 Å². The number of allylic oxidation sites excluding steroid dienone is 1. The molecule has 0 radical (unpaired) electrons. The average Bonchev–Trinajstić information content (AvgIpc) is 3.50. The third kappa shape index (κ3) is 3.38. The molecule has 0 bridgehead atoms. The molecule has 0 aromatic heterocycles. The number of imide groups is 1. The predicted molar refractivity (Wildman–Crippen MR) is 141 cm³/mol. The number of carbonyl (C=O) groups excluding carboxylic acids is 3. The second kappa shape index (κ2) is 8.51. The van der Waals surface area contributed by atoms with Crippen molar-refractivity contribution in [2.24, 2.45) is 17.8 Å². The molecule has 0 saturated carbocycles. The number of rotatable bonds is 3. The lowest BCUT2D eigenvalue weighted by atomic mass is 9.64. The number of nitrogens with zero attached hydrogens (tertiary/aromatic N) is 2. The van der Waals surface area contributed by atoms with Crippen molar-refractivity contribution in [1.82, 2.24) is 0 Å². The van der Waals surface area contributed by atoms with Crippen molar-refractivity contribution in [3.8, 4) is 17.2 Å². The Hall–Kier alpha value is -4.99. The summed E-state index contributed by atoms with van der Waals surface area (Å²) in [5, 5.41) is 11.3. The van der Waals surface area contributed by atoms with E-state index < -0.39 is 46.4 Å². The first-order valence-electron chi connectivity index (χ1n) is 12.8. The van der Waals surface area contributed by atoms with E-state index in [0.29, 0.717) is 33.9 Å². The number of non-ortho nitro benzene ring substituents is 1. The summed E-state index contributed by atoms with van der Waals surface area (Å²) in [5.41, 5.74) is 3.49. The van der Waals surface area contributed by atoms with E-state index in [1.165, 1.54) is 18.2 Å². The third-order valence-corrected chi connectivity index (χ3v) is 8.16. The van der Waals surface area contributed by atoms with Crippen LogP contribution in [-0.2, 0) is 14.4 Å². The molecule has 10 nitrogen and oxygen atoms in total. The standard InChI is InChI=1S/C30H22N2O8/c1-14-3-6-18-20-12-19(16-4-8-22-24(11-16)39-13-38-22)25-27(26(20)30(35)40-23(18)9-14)29(34)31(28(25)33)21-7-5-17(32(36)37)10-15(21)2/h3-12,19,25-27H,13H2,1-2H3/t19-,25-,26-,27-/m1/s1. The minimum absolute atomic E-state index is 0.0852. The minimum atomic E-state index is -1.03. The van der Waals surface area contributed by atoms with Crippen molar-refractivity contribution in [2.75, 3.05) is 11.7 Å². The van der Waals surface area contributed by atoms with Crippen molar-refractivity contribution >= 4 is 34.7 Å². The monoisotopic (exact) mass is 538 g/mol.